The number of pyridine rings is 1. The van der Waals surface area contributed by atoms with Gasteiger partial charge in [-0.25, -0.2) is 4.79 Å². The number of aliphatic hydroxyl groups is 1. The lowest BCUT2D eigenvalue weighted by atomic mass is 9.94. The topological polar surface area (TPSA) is 112 Å². The van der Waals surface area contributed by atoms with Gasteiger partial charge in [-0.2, -0.15) is 5.10 Å². The Hall–Kier alpha value is -4.01. The summed E-state index contributed by atoms with van der Waals surface area (Å²) in [6.07, 6.45) is 4.01. The van der Waals surface area contributed by atoms with Crippen LogP contribution in [0.1, 0.15) is 53.9 Å². The van der Waals surface area contributed by atoms with Gasteiger partial charge in [0, 0.05) is 36.7 Å². The van der Waals surface area contributed by atoms with Gasteiger partial charge in [0.15, 0.2) is 5.69 Å². The first-order valence-corrected chi connectivity index (χ1v) is 13.3. The Balaban J connectivity index is 1.65. The van der Waals surface area contributed by atoms with Crippen LogP contribution in [0.4, 0.5) is 0 Å². The molecule has 0 aliphatic carbocycles. The van der Waals surface area contributed by atoms with Gasteiger partial charge in [-0.1, -0.05) is 44.2 Å². The average Bonchev–Trinajstić information content (AvgIpc) is 3.32. The number of aliphatic hydroxyl groups excluding tert-OH is 1. The second kappa shape index (κ2) is 13.2. The molecule has 2 heterocycles. The Morgan fingerprint density at radius 2 is 1.79 bits per heavy atom. The van der Waals surface area contributed by atoms with Crippen molar-refractivity contribution in [3.05, 3.63) is 89.4 Å². The van der Waals surface area contributed by atoms with Crippen LogP contribution >= 0.6 is 0 Å². The molecule has 3 N–H and O–H groups in total. The molecule has 2 aromatic heterocycles. The minimum atomic E-state index is -0.447. The van der Waals surface area contributed by atoms with Gasteiger partial charge >= 0.3 is 5.97 Å². The number of aromatic nitrogens is 3. The molecule has 0 aliphatic rings. The molecular formula is C31H36N4O4. The smallest absolute Gasteiger partial charge is 0.357 e. The second-order valence-corrected chi connectivity index (χ2v) is 9.51. The van der Waals surface area contributed by atoms with E-state index in [9.17, 15) is 9.90 Å². The maximum Gasteiger partial charge on any atom is 0.357 e. The van der Waals surface area contributed by atoms with Crippen LogP contribution in [-0.4, -0.2) is 45.6 Å². The Bertz CT molecular complexity index is 1380. The van der Waals surface area contributed by atoms with Gasteiger partial charge in [-0.15, -0.1) is 0 Å². The summed E-state index contributed by atoms with van der Waals surface area (Å²) in [5, 5.41) is 14.2. The molecule has 0 amide bonds. The van der Waals surface area contributed by atoms with Crippen molar-refractivity contribution in [1.29, 1.82) is 0 Å². The first-order valence-electron chi connectivity index (χ1n) is 13.3. The summed E-state index contributed by atoms with van der Waals surface area (Å²) in [4.78, 5) is 17.2. The molecule has 0 fully saturated rings. The predicted octanol–water partition coefficient (Wildman–Crippen LogP) is 4.98. The lowest BCUT2D eigenvalue weighted by Gasteiger charge is -2.15. The lowest BCUT2D eigenvalue weighted by molar-refractivity contribution is 0.0513. The molecule has 0 atom stereocenters. The molecule has 0 radical (unpaired) electrons. The largest absolute Gasteiger partial charge is 0.489 e. The van der Waals surface area contributed by atoms with E-state index in [0.717, 1.165) is 22.3 Å². The third-order valence-corrected chi connectivity index (χ3v) is 6.47. The highest BCUT2D eigenvalue weighted by atomic mass is 16.5. The third kappa shape index (κ3) is 6.53. The molecule has 4 rings (SSSR count). The number of ether oxygens (including phenoxy) is 2. The van der Waals surface area contributed by atoms with Crippen LogP contribution < -0.4 is 10.5 Å². The fourth-order valence-electron chi connectivity index (χ4n) is 4.67. The minimum Gasteiger partial charge on any atom is -0.489 e. The Labute approximate surface area is 229 Å². The van der Waals surface area contributed by atoms with Gasteiger partial charge in [-0.3, -0.25) is 9.67 Å². The molecule has 8 nitrogen and oxygen atoms in total. The molecule has 0 aliphatic heterocycles. The zero-order valence-corrected chi connectivity index (χ0v) is 22.8. The van der Waals surface area contributed by atoms with E-state index in [1.165, 1.54) is 5.56 Å². The maximum absolute atomic E-state index is 13.1. The summed E-state index contributed by atoms with van der Waals surface area (Å²) in [6, 6.07) is 17.6. The Morgan fingerprint density at radius 3 is 2.44 bits per heavy atom. The molecule has 0 spiro atoms. The van der Waals surface area contributed by atoms with Crippen molar-refractivity contribution in [2.75, 3.05) is 19.8 Å². The monoisotopic (exact) mass is 528 g/mol. The maximum atomic E-state index is 13.1. The predicted molar refractivity (Wildman–Crippen MR) is 152 cm³/mol. The SMILES string of the molecule is CCOC(=O)c1c(-c2ccc(OCc3ccc(C(C)C)c(CCO)c3)cc2)c(-c2ccncc2)nn1CCN. The highest BCUT2D eigenvalue weighted by Crippen LogP contribution is 2.36. The van der Waals surface area contributed by atoms with Gasteiger partial charge in [0.1, 0.15) is 18.1 Å². The van der Waals surface area contributed by atoms with Gasteiger partial charge in [-0.05, 0) is 65.8 Å². The van der Waals surface area contributed by atoms with Gasteiger partial charge in [0.25, 0.3) is 0 Å². The number of hydrogen-bond donors (Lipinski definition) is 2. The summed E-state index contributed by atoms with van der Waals surface area (Å²) in [5.74, 6) is 0.644. The molecule has 0 saturated carbocycles. The molecule has 0 bridgehead atoms. The van der Waals surface area contributed by atoms with Crippen molar-refractivity contribution in [1.82, 2.24) is 14.8 Å². The number of nitrogens with two attached hydrogens (primary N) is 1. The van der Waals surface area contributed by atoms with E-state index in [2.05, 4.69) is 37.0 Å². The van der Waals surface area contributed by atoms with Crippen LogP contribution in [0.5, 0.6) is 5.75 Å². The number of rotatable bonds is 12. The fraction of sp³-hybridized carbons (Fsp3) is 0.323. The van der Waals surface area contributed by atoms with E-state index < -0.39 is 5.97 Å². The van der Waals surface area contributed by atoms with E-state index in [1.54, 1.807) is 24.0 Å². The first kappa shape index (κ1) is 28.0. The molecule has 2 aromatic carbocycles. The van der Waals surface area contributed by atoms with E-state index in [-0.39, 0.29) is 13.2 Å². The zero-order valence-electron chi connectivity index (χ0n) is 22.8. The average molecular weight is 529 g/mol. The fourth-order valence-corrected chi connectivity index (χ4v) is 4.67. The van der Waals surface area contributed by atoms with Crippen molar-refractivity contribution in [2.45, 2.75) is 46.3 Å². The molecule has 0 unspecified atom stereocenters. The van der Waals surface area contributed by atoms with E-state index in [4.69, 9.17) is 20.3 Å². The highest BCUT2D eigenvalue weighted by Gasteiger charge is 2.26. The van der Waals surface area contributed by atoms with Crippen LogP contribution in [0.15, 0.2) is 67.0 Å². The van der Waals surface area contributed by atoms with Gasteiger partial charge in [0.05, 0.1) is 13.2 Å². The highest BCUT2D eigenvalue weighted by molar-refractivity contribution is 6.00. The summed E-state index contributed by atoms with van der Waals surface area (Å²) < 4.78 is 13.1. The van der Waals surface area contributed by atoms with E-state index in [1.807, 2.05) is 36.4 Å². The summed E-state index contributed by atoms with van der Waals surface area (Å²) in [7, 11) is 0. The second-order valence-electron chi connectivity index (χ2n) is 9.51. The molecule has 204 valence electrons. The van der Waals surface area contributed by atoms with Gasteiger partial charge < -0.3 is 20.3 Å². The number of nitrogens with zero attached hydrogens (tertiary/aromatic N) is 3. The molecular weight excluding hydrogens is 492 g/mol. The summed E-state index contributed by atoms with van der Waals surface area (Å²) >= 11 is 0. The summed E-state index contributed by atoms with van der Waals surface area (Å²) in [6.45, 7) is 7.56. The van der Waals surface area contributed by atoms with Crippen LogP contribution in [0.3, 0.4) is 0 Å². The minimum absolute atomic E-state index is 0.114. The van der Waals surface area contributed by atoms with Crippen molar-refractivity contribution in [3.8, 4) is 28.1 Å². The van der Waals surface area contributed by atoms with Crippen molar-refractivity contribution in [2.24, 2.45) is 5.73 Å². The van der Waals surface area contributed by atoms with E-state index >= 15 is 0 Å². The Kier molecular flexibility index (Phi) is 9.46. The van der Waals surface area contributed by atoms with Crippen LogP contribution in [0, 0.1) is 0 Å². The van der Waals surface area contributed by atoms with Crippen LogP contribution in [-0.2, 0) is 24.3 Å². The number of hydrogen-bond acceptors (Lipinski definition) is 7. The zero-order chi connectivity index (χ0) is 27.8. The van der Waals surface area contributed by atoms with Crippen molar-refractivity contribution in [3.63, 3.8) is 0 Å². The molecule has 8 heteroatoms. The molecule has 0 saturated heterocycles. The number of carbonyl (C=O) groups is 1. The summed E-state index contributed by atoms with van der Waals surface area (Å²) in [5.41, 5.74) is 12.6. The van der Waals surface area contributed by atoms with Crippen molar-refractivity contribution < 1.29 is 19.4 Å². The third-order valence-electron chi connectivity index (χ3n) is 6.47. The van der Waals surface area contributed by atoms with Crippen molar-refractivity contribution >= 4 is 5.97 Å². The van der Waals surface area contributed by atoms with Crippen LogP contribution in [0.25, 0.3) is 22.4 Å². The van der Waals surface area contributed by atoms with E-state index in [0.29, 0.717) is 54.7 Å². The molecule has 39 heavy (non-hydrogen) atoms. The lowest BCUT2D eigenvalue weighted by Crippen LogP contribution is -2.18. The Morgan fingerprint density at radius 1 is 1.05 bits per heavy atom. The normalized spacial score (nSPS) is 11.1. The number of esters is 1. The quantitative estimate of drug-likeness (QED) is 0.249. The number of carbonyl (C=O) groups excluding carboxylic acids is 1. The standard InChI is InChI=1S/C31H36N4O4/c1-4-38-31(37)30-28(29(34-35(30)17-14-32)24-11-15-33-16-12-24)23-6-8-26(9-7-23)39-20-22-5-10-27(21(2)3)25(19-22)13-18-36/h5-12,15-16,19,21,36H,4,13-14,17-18,20,32H2,1-3H3. The number of benzene rings is 2. The van der Waals surface area contributed by atoms with Gasteiger partial charge in [0.2, 0.25) is 0 Å². The first-order chi connectivity index (χ1) is 19.0. The van der Waals surface area contributed by atoms with Crippen LogP contribution in [0.2, 0.25) is 0 Å². The molecule has 4 aromatic rings.